The molecule has 0 heterocycles. The predicted molar refractivity (Wildman–Crippen MR) is 310 cm³/mol. The number of halogens is 9. The number of ether oxygens (including phenoxy) is 6. The van der Waals surface area contributed by atoms with Crippen LogP contribution < -0.4 is 14.2 Å². The number of fused-ring (bicyclic) bond motifs is 5. The van der Waals surface area contributed by atoms with Gasteiger partial charge in [0.15, 0.2) is 0 Å². The zero-order valence-electron chi connectivity index (χ0n) is 51.5. The summed E-state index contributed by atoms with van der Waals surface area (Å²) in [5.41, 5.74) is -1.66. The maximum Gasteiger partial charge on any atom is 0.491 e. The van der Waals surface area contributed by atoms with Gasteiger partial charge in [-0.3, -0.25) is 4.79 Å². The molecule has 23 heteroatoms. The Balaban J connectivity index is 1.20. The van der Waals surface area contributed by atoms with Gasteiger partial charge in [-0.15, -0.1) is 0 Å². The van der Waals surface area contributed by atoms with Gasteiger partial charge >= 0.3 is 54.3 Å². The molecule has 11 atom stereocenters. The molecular weight excluding hydrogens is 1200 g/mol. The van der Waals surface area contributed by atoms with Gasteiger partial charge in [0.05, 0.1) is 16.7 Å². The fraction of sp³-hybridized carbons (Fsp3) is 0.627. The van der Waals surface area contributed by atoms with Gasteiger partial charge < -0.3 is 33.3 Å². The Hall–Kier alpha value is -6.68. The minimum absolute atomic E-state index is 0.0499. The Kier molecular flexibility index (Phi) is 24.1. The second-order valence-corrected chi connectivity index (χ2v) is 25.3. The van der Waals surface area contributed by atoms with Gasteiger partial charge in [0.1, 0.15) is 35.6 Å². The van der Waals surface area contributed by atoms with Crippen LogP contribution in [-0.4, -0.2) is 96.6 Å². The van der Waals surface area contributed by atoms with E-state index < -0.39 is 107 Å². The number of hydrogen-bond acceptors (Lipinski definition) is 13. The van der Waals surface area contributed by atoms with Crippen LogP contribution in [0.1, 0.15) is 201 Å². The van der Waals surface area contributed by atoms with Gasteiger partial charge in [0, 0.05) is 30.8 Å². The lowest BCUT2D eigenvalue weighted by Gasteiger charge is -2.64. The zero-order chi connectivity index (χ0) is 65.8. The number of amides is 1. The molecule has 90 heavy (non-hydrogen) atoms. The Morgan fingerprint density at radius 1 is 0.522 bits per heavy atom. The summed E-state index contributed by atoms with van der Waals surface area (Å²) < 4.78 is 150. The van der Waals surface area contributed by atoms with E-state index in [1.165, 1.54) is 24.3 Å². The molecule has 7 rings (SSSR count). The van der Waals surface area contributed by atoms with Crippen molar-refractivity contribution in [2.24, 2.45) is 46.3 Å². The normalized spacial score (nSPS) is 25.1. The molecule has 0 aliphatic heterocycles. The first kappa shape index (κ1) is 70.8. The van der Waals surface area contributed by atoms with E-state index in [1.54, 1.807) is 0 Å². The highest BCUT2D eigenvalue weighted by molar-refractivity contribution is 5.91. The van der Waals surface area contributed by atoms with Crippen LogP contribution >= 0.6 is 0 Å². The standard InChI is InChI=1S/C67H82F9NO13/c1-6-8-10-12-14-16-36-77(37-17-15-13-11-9-7-2)55(78)33-18-41(3)50-31-32-51-56-52(40-54(64(50,51)5)90-59(81)44-23-29-48(30-24-44)88-62(84)67(74,75)76)63(4)35-34-49(85-57(79)42-19-25-46(26-20-42)86-60(82)65(68,69)70)38-45(63)39-53(56)89-58(80)43-21-27-47(28-22-43)87-61(83)66(71,72)73/h19-30,41,45,49-54,56H,6-18,31-40H2,1-5H3/t41-,45+,49-,50-,51+,52+,53-,54+,56+,63+,64-/m1/s1. The predicted octanol–water partition coefficient (Wildman–Crippen LogP) is 15.9. The van der Waals surface area contributed by atoms with Crippen LogP contribution in [0.4, 0.5) is 39.5 Å². The molecule has 1 amide bonds. The Bertz CT molecular complexity index is 2920. The number of hydrogen-bond donors (Lipinski definition) is 0. The van der Waals surface area contributed by atoms with Crippen molar-refractivity contribution >= 4 is 41.7 Å². The monoisotopic (exact) mass is 1280 g/mol. The summed E-state index contributed by atoms with van der Waals surface area (Å²) >= 11 is 0. The first-order chi connectivity index (χ1) is 42.5. The summed E-state index contributed by atoms with van der Waals surface area (Å²) in [4.78, 5) is 93.9. The van der Waals surface area contributed by atoms with Crippen LogP contribution in [0.25, 0.3) is 0 Å². The average molecular weight is 1280 g/mol. The van der Waals surface area contributed by atoms with Gasteiger partial charge in [-0.05, 0) is 172 Å². The topological polar surface area (TPSA) is 178 Å². The molecule has 0 aromatic heterocycles. The fourth-order valence-electron chi connectivity index (χ4n) is 14.8. The molecule has 0 spiro atoms. The number of alkyl halides is 9. The number of nitrogens with zero attached hydrogens (tertiary/aromatic N) is 1. The molecular formula is C67H82F9NO13. The molecule has 4 aliphatic rings. The van der Waals surface area contributed by atoms with Crippen LogP contribution in [0, 0.1) is 46.3 Å². The van der Waals surface area contributed by atoms with E-state index >= 15 is 0 Å². The van der Waals surface area contributed by atoms with E-state index in [4.69, 9.17) is 14.2 Å². The van der Waals surface area contributed by atoms with Crippen molar-refractivity contribution in [3.63, 3.8) is 0 Å². The number of carbonyl (C=O) groups excluding carboxylic acids is 7. The highest BCUT2D eigenvalue weighted by Crippen LogP contribution is 2.69. The van der Waals surface area contributed by atoms with Crippen molar-refractivity contribution in [1.29, 1.82) is 0 Å². The molecule has 3 aromatic carbocycles. The summed E-state index contributed by atoms with van der Waals surface area (Å²) in [6.45, 7) is 11.9. The quantitative estimate of drug-likeness (QED) is 0.0232. The van der Waals surface area contributed by atoms with E-state index in [9.17, 15) is 73.1 Å². The van der Waals surface area contributed by atoms with Gasteiger partial charge in [-0.25, -0.2) is 28.8 Å². The number of carbonyl (C=O) groups is 7. The van der Waals surface area contributed by atoms with Crippen molar-refractivity contribution in [3.05, 3.63) is 89.5 Å². The van der Waals surface area contributed by atoms with E-state index in [0.29, 0.717) is 45.2 Å². The van der Waals surface area contributed by atoms with E-state index in [0.717, 1.165) is 126 Å². The highest BCUT2D eigenvalue weighted by Gasteiger charge is 2.68. The van der Waals surface area contributed by atoms with Crippen molar-refractivity contribution in [1.82, 2.24) is 4.90 Å². The third-order valence-electron chi connectivity index (χ3n) is 19.5. The molecule has 496 valence electrons. The highest BCUT2D eigenvalue weighted by atomic mass is 19.4. The molecule has 4 saturated carbocycles. The summed E-state index contributed by atoms with van der Waals surface area (Å²) in [6.07, 6.45) is -1.98. The molecule has 0 saturated heterocycles. The van der Waals surface area contributed by atoms with E-state index in [2.05, 4.69) is 48.8 Å². The Labute approximate surface area is 518 Å². The fourth-order valence-corrected chi connectivity index (χ4v) is 14.8. The molecule has 0 N–H and O–H groups in total. The molecule has 3 aromatic rings. The third kappa shape index (κ3) is 17.9. The molecule has 14 nitrogen and oxygen atoms in total. The lowest BCUT2D eigenvalue weighted by molar-refractivity contribution is -0.207. The van der Waals surface area contributed by atoms with Crippen LogP contribution in [-0.2, 0) is 33.4 Å². The lowest BCUT2D eigenvalue weighted by atomic mass is 9.43. The van der Waals surface area contributed by atoms with Crippen LogP contribution in [0.2, 0.25) is 0 Å². The number of unbranched alkanes of at least 4 members (excludes halogenated alkanes) is 10. The third-order valence-corrected chi connectivity index (χ3v) is 19.5. The summed E-state index contributed by atoms with van der Waals surface area (Å²) in [6, 6.07) is 13.2. The van der Waals surface area contributed by atoms with Gasteiger partial charge in [-0.1, -0.05) is 98.8 Å². The van der Waals surface area contributed by atoms with Crippen molar-refractivity contribution < 1.29 is 101 Å². The largest absolute Gasteiger partial charge is 0.491 e. The first-order valence-electron chi connectivity index (χ1n) is 31.6. The smallest absolute Gasteiger partial charge is 0.459 e. The van der Waals surface area contributed by atoms with E-state index in [1.807, 2.05) is 4.90 Å². The van der Waals surface area contributed by atoms with Crippen molar-refractivity contribution in [3.8, 4) is 17.2 Å². The first-order valence-corrected chi connectivity index (χ1v) is 31.6. The molecule has 0 bridgehead atoms. The molecule has 4 fully saturated rings. The number of rotatable bonds is 27. The Morgan fingerprint density at radius 2 is 0.944 bits per heavy atom. The second-order valence-electron chi connectivity index (χ2n) is 25.3. The summed E-state index contributed by atoms with van der Waals surface area (Å²) in [7, 11) is 0. The number of esters is 6. The summed E-state index contributed by atoms with van der Waals surface area (Å²) in [5, 5.41) is 0. The number of benzene rings is 3. The van der Waals surface area contributed by atoms with Crippen LogP contribution in [0.5, 0.6) is 17.2 Å². The maximum absolute atomic E-state index is 14.6. The lowest BCUT2D eigenvalue weighted by Crippen LogP contribution is -2.63. The second kappa shape index (κ2) is 30.6. The Morgan fingerprint density at radius 3 is 1.39 bits per heavy atom. The van der Waals surface area contributed by atoms with Crippen molar-refractivity contribution in [2.45, 2.75) is 206 Å². The molecule has 4 aliphatic carbocycles. The van der Waals surface area contributed by atoms with Gasteiger partial charge in [0.25, 0.3) is 0 Å². The SMILES string of the molecule is CCCCCCCCN(CCCCCCCC)C(=O)CC[C@@H](C)[C@H]1CC[C@H]2[C@@H]3[C@H](OC(=O)c4ccc(OC(=O)C(F)(F)F)cc4)C[C@@H]4C[C@H](OC(=O)c5ccc(OC(=O)C(F)(F)F)cc5)CC[C@]4(C)[C@H]3C[C@H](OC(=O)c3ccc(OC(=O)C(F)(F)F)cc3)[C@]12C. The van der Waals surface area contributed by atoms with Crippen LogP contribution in [0.15, 0.2) is 72.8 Å². The van der Waals surface area contributed by atoms with Gasteiger partial charge in [-0.2, -0.15) is 39.5 Å². The average Bonchev–Trinajstić information content (AvgIpc) is 1.53. The minimum atomic E-state index is -5.29. The van der Waals surface area contributed by atoms with Gasteiger partial charge in [0.2, 0.25) is 5.91 Å². The van der Waals surface area contributed by atoms with Crippen molar-refractivity contribution in [2.75, 3.05) is 13.1 Å². The zero-order valence-corrected chi connectivity index (χ0v) is 51.5. The molecule has 0 unspecified atom stereocenters. The van der Waals surface area contributed by atoms with E-state index in [-0.39, 0.29) is 77.9 Å². The minimum Gasteiger partial charge on any atom is -0.459 e. The summed E-state index contributed by atoms with van der Waals surface area (Å²) in [5.74, 6) is -13.0. The molecule has 0 radical (unpaired) electrons. The maximum atomic E-state index is 14.6. The van der Waals surface area contributed by atoms with Crippen LogP contribution in [0.3, 0.4) is 0 Å².